The molecule has 0 radical (unpaired) electrons. The van der Waals surface area contributed by atoms with Crippen molar-refractivity contribution >= 4 is 26.7 Å². The van der Waals surface area contributed by atoms with Gasteiger partial charge in [-0.2, -0.15) is 0 Å². The first-order valence-corrected chi connectivity index (χ1v) is 11.4. The number of hydrogen-bond acceptors (Lipinski definition) is 3. The van der Waals surface area contributed by atoms with E-state index in [1.54, 1.807) is 7.11 Å². The molecule has 28 heavy (non-hydrogen) atoms. The molecule has 2 aromatic carbocycles. The lowest BCUT2D eigenvalue weighted by molar-refractivity contribution is -0.231. The van der Waals surface area contributed by atoms with Crippen LogP contribution in [0.1, 0.15) is 51.0 Å². The highest BCUT2D eigenvalue weighted by atomic mass is 79.9. The van der Waals surface area contributed by atoms with E-state index in [0.717, 1.165) is 28.0 Å². The summed E-state index contributed by atoms with van der Waals surface area (Å²) in [6.07, 6.45) is 8.24. The Morgan fingerprint density at radius 1 is 1.00 bits per heavy atom. The molecule has 4 heteroatoms. The molecule has 3 nitrogen and oxygen atoms in total. The predicted molar refractivity (Wildman–Crippen MR) is 115 cm³/mol. The van der Waals surface area contributed by atoms with Gasteiger partial charge in [0.25, 0.3) is 0 Å². The summed E-state index contributed by atoms with van der Waals surface area (Å²) < 4.78 is 18.5. The molecular formula is C24H29BrO3. The number of fused-ring (bicyclic) bond motifs is 1. The van der Waals surface area contributed by atoms with E-state index in [-0.39, 0.29) is 5.41 Å². The van der Waals surface area contributed by atoms with Crippen molar-refractivity contribution in [1.29, 1.82) is 0 Å². The van der Waals surface area contributed by atoms with Crippen LogP contribution in [0.5, 0.6) is 5.75 Å². The average molecular weight is 445 g/mol. The Labute approximate surface area is 175 Å². The molecule has 0 heterocycles. The molecular weight excluding hydrogens is 416 g/mol. The van der Waals surface area contributed by atoms with E-state index in [1.807, 2.05) is 6.92 Å². The van der Waals surface area contributed by atoms with Gasteiger partial charge in [0.1, 0.15) is 5.75 Å². The van der Waals surface area contributed by atoms with Crippen LogP contribution in [-0.2, 0) is 14.9 Å². The van der Waals surface area contributed by atoms with Gasteiger partial charge in [-0.1, -0.05) is 22.0 Å². The van der Waals surface area contributed by atoms with Gasteiger partial charge < -0.3 is 14.2 Å². The number of halogens is 1. The maximum Gasteiger partial charge on any atom is 0.315 e. The van der Waals surface area contributed by atoms with E-state index in [9.17, 15) is 0 Å². The molecule has 150 valence electrons. The van der Waals surface area contributed by atoms with Crippen LogP contribution >= 0.6 is 15.9 Å². The van der Waals surface area contributed by atoms with Crippen LogP contribution in [0.4, 0.5) is 0 Å². The van der Waals surface area contributed by atoms with E-state index in [2.05, 4.69) is 46.3 Å². The number of benzene rings is 2. The van der Waals surface area contributed by atoms with Crippen molar-refractivity contribution in [3.05, 3.63) is 40.4 Å². The normalized spacial score (nSPS) is 32.0. The summed E-state index contributed by atoms with van der Waals surface area (Å²) in [6.45, 7) is 1.87. The van der Waals surface area contributed by atoms with Gasteiger partial charge in [0.2, 0.25) is 0 Å². The van der Waals surface area contributed by atoms with Crippen molar-refractivity contribution in [3.8, 4) is 5.75 Å². The van der Waals surface area contributed by atoms with Gasteiger partial charge in [-0.3, -0.25) is 0 Å². The molecule has 0 saturated heterocycles. The van der Waals surface area contributed by atoms with Crippen molar-refractivity contribution < 1.29 is 14.2 Å². The van der Waals surface area contributed by atoms with Crippen molar-refractivity contribution in [2.45, 2.75) is 57.3 Å². The Hall–Kier alpha value is -1.10. The zero-order chi connectivity index (χ0) is 19.3. The Balaban J connectivity index is 1.62. The second-order valence-corrected chi connectivity index (χ2v) is 10.1. The summed E-state index contributed by atoms with van der Waals surface area (Å²) in [4.78, 5) is 0. The number of ether oxygens (including phenoxy) is 3. The molecule has 4 aliphatic rings. The minimum Gasteiger partial charge on any atom is -0.441 e. The van der Waals surface area contributed by atoms with Crippen LogP contribution in [0, 0.1) is 17.8 Å². The Morgan fingerprint density at radius 2 is 1.68 bits per heavy atom. The number of hydrogen-bond donors (Lipinski definition) is 0. The molecule has 4 aliphatic carbocycles. The van der Waals surface area contributed by atoms with Gasteiger partial charge in [-0.15, -0.1) is 0 Å². The fourth-order valence-corrected chi connectivity index (χ4v) is 6.97. The summed E-state index contributed by atoms with van der Waals surface area (Å²) in [6, 6.07) is 11.0. The molecule has 4 fully saturated rings. The monoisotopic (exact) mass is 444 g/mol. The Morgan fingerprint density at radius 3 is 2.29 bits per heavy atom. The zero-order valence-electron chi connectivity index (χ0n) is 16.7. The highest BCUT2D eigenvalue weighted by Crippen LogP contribution is 2.62. The van der Waals surface area contributed by atoms with Crippen LogP contribution in [-0.4, -0.2) is 20.2 Å². The highest BCUT2D eigenvalue weighted by Gasteiger charge is 2.52. The molecule has 0 aromatic heterocycles. The van der Waals surface area contributed by atoms with Crippen molar-refractivity contribution in [3.63, 3.8) is 0 Å². The first-order chi connectivity index (χ1) is 13.6. The lowest BCUT2D eigenvalue weighted by atomic mass is 9.48. The van der Waals surface area contributed by atoms with Gasteiger partial charge in [0.05, 0.1) is 6.61 Å². The molecule has 4 saturated carbocycles. The Bertz CT molecular complexity index is 842. The van der Waals surface area contributed by atoms with Crippen LogP contribution in [0.15, 0.2) is 34.8 Å². The lowest BCUT2D eigenvalue weighted by Gasteiger charge is -2.57. The quantitative estimate of drug-likeness (QED) is 0.481. The second-order valence-electron chi connectivity index (χ2n) is 9.14. The molecule has 0 aliphatic heterocycles. The van der Waals surface area contributed by atoms with Gasteiger partial charge in [0, 0.05) is 17.1 Å². The minimum atomic E-state index is -0.662. The van der Waals surface area contributed by atoms with Crippen LogP contribution in [0.3, 0.4) is 0 Å². The van der Waals surface area contributed by atoms with Gasteiger partial charge >= 0.3 is 6.48 Å². The maximum absolute atomic E-state index is 6.31. The molecule has 4 bridgehead atoms. The molecule has 0 amide bonds. The minimum absolute atomic E-state index is 0.255. The molecule has 2 aromatic rings. The smallest absolute Gasteiger partial charge is 0.315 e. The van der Waals surface area contributed by atoms with Gasteiger partial charge in [-0.05, 0) is 104 Å². The number of rotatable bonds is 6. The highest BCUT2D eigenvalue weighted by molar-refractivity contribution is 9.10. The van der Waals surface area contributed by atoms with Crippen molar-refractivity contribution in [2.75, 3.05) is 13.7 Å². The van der Waals surface area contributed by atoms with E-state index in [4.69, 9.17) is 14.2 Å². The zero-order valence-corrected chi connectivity index (χ0v) is 18.3. The van der Waals surface area contributed by atoms with Crippen molar-refractivity contribution in [2.24, 2.45) is 17.8 Å². The fraction of sp³-hybridized carbons (Fsp3) is 0.583. The largest absolute Gasteiger partial charge is 0.441 e. The van der Waals surface area contributed by atoms with Crippen LogP contribution in [0.2, 0.25) is 0 Å². The molecule has 0 N–H and O–H groups in total. The Kier molecular flexibility index (Phi) is 4.93. The molecule has 1 unspecified atom stereocenters. The summed E-state index contributed by atoms with van der Waals surface area (Å²) in [5.41, 5.74) is 1.63. The molecule has 6 rings (SSSR count). The fourth-order valence-electron chi connectivity index (χ4n) is 6.59. The van der Waals surface area contributed by atoms with Gasteiger partial charge in [0.15, 0.2) is 0 Å². The molecule has 0 spiro atoms. The van der Waals surface area contributed by atoms with E-state index < -0.39 is 6.48 Å². The van der Waals surface area contributed by atoms with E-state index >= 15 is 0 Å². The average Bonchev–Trinajstić information content (AvgIpc) is 2.66. The third kappa shape index (κ3) is 3.28. The predicted octanol–water partition coefficient (Wildman–Crippen LogP) is 6.42. The first-order valence-electron chi connectivity index (χ1n) is 10.6. The van der Waals surface area contributed by atoms with Crippen LogP contribution < -0.4 is 4.74 Å². The van der Waals surface area contributed by atoms with Gasteiger partial charge in [-0.25, -0.2) is 0 Å². The second kappa shape index (κ2) is 7.30. The topological polar surface area (TPSA) is 27.7 Å². The van der Waals surface area contributed by atoms with E-state index in [1.165, 1.54) is 54.9 Å². The standard InChI is InChI=1S/C24H29BrO3/c1-3-27-23(26-2)28-22-11-18-4-5-20(25)9-19(18)10-21(22)24-12-15-6-16(13-24)8-17(7-15)14-24/h4-5,9-11,15-17,23H,3,6-8,12-14H2,1-2H3. The summed E-state index contributed by atoms with van der Waals surface area (Å²) in [7, 11) is 1.64. The third-order valence-electron chi connectivity index (χ3n) is 7.23. The first kappa shape index (κ1) is 18.9. The third-order valence-corrected chi connectivity index (χ3v) is 7.72. The maximum atomic E-state index is 6.31. The van der Waals surface area contributed by atoms with Crippen molar-refractivity contribution in [1.82, 2.24) is 0 Å². The SMILES string of the molecule is CCOC(OC)Oc1cc2ccc(Br)cc2cc1C12CC3CC(CC(C3)C1)C2. The van der Waals surface area contributed by atoms with E-state index in [0.29, 0.717) is 6.61 Å². The summed E-state index contributed by atoms with van der Waals surface area (Å²) in [5.74, 6) is 3.62. The van der Waals surface area contributed by atoms with Crippen LogP contribution in [0.25, 0.3) is 10.8 Å². The summed E-state index contributed by atoms with van der Waals surface area (Å²) in [5, 5.41) is 2.47. The lowest BCUT2D eigenvalue weighted by Crippen LogP contribution is -2.48. The number of methoxy groups -OCH3 is 1. The summed E-state index contributed by atoms with van der Waals surface area (Å²) >= 11 is 3.64. The molecule has 1 atom stereocenters.